The van der Waals surface area contributed by atoms with E-state index >= 15 is 0 Å². The SMILES string of the molecule is COCCNCCCc1ncc(-c2ccc(C)cc2F)o1. The monoisotopic (exact) mass is 292 g/mol. The lowest BCUT2D eigenvalue weighted by Gasteiger charge is -2.02. The van der Waals surface area contributed by atoms with E-state index in [4.69, 9.17) is 9.15 Å². The van der Waals surface area contributed by atoms with Crippen LogP contribution in [0.1, 0.15) is 17.9 Å². The van der Waals surface area contributed by atoms with E-state index in [-0.39, 0.29) is 5.82 Å². The Morgan fingerprint density at radius 1 is 1.33 bits per heavy atom. The van der Waals surface area contributed by atoms with Crippen molar-refractivity contribution in [3.8, 4) is 11.3 Å². The average Bonchev–Trinajstić information content (AvgIpc) is 2.91. The minimum Gasteiger partial charge on any atom is -0.441 e. The standard InChI is InChI=1S/C16H21FN2O2/c1-12-5-6-13(14(17)10-12)15-11-19-16(21-15)4-3-7-18-8-9-20-2/h5-6,10-11,18H,3-4,7-9H2,1-2H3. The number of methoxy groups -OCH3 is 1. The molecule has 4 nitrogen and oxygen atoms in total. The molecule has 0 aliphatic rings. The Bertz CT molecular complexity index is 569. The van der Waals surface area contributed by atoms with Gasteiger partial charge in [-0.1, -0.05) is 6.07 Å². The number of nitrogens with one attached hydrogen (secondary N) is 1. The summed E-state index contributed by atoms with van der Waals surface area (Å²) < 4.78 is 24.4. The van der Waals surface area contributed by atoms with Crippen LogP contribution in [0.15, 0.2) is 28.8 Å². The number of aromatic nitrogens is 1. The minimum atomic E-state index is -0.279. The van der Waals surface area contributed by atoms with Crippen molar-refractivity contribution in [3.05, 3.63) is 41.7 Å². The first-order valence-electron chi connectivity index (χ1n) is 7.11. The fourth-order valence-electron chi connectivity index (χ4n) is 2.03. The summed E-state index contributed by atoms with van der Waals surface area (Å²) in [5.41, 5.74) is 1.34. The summed E-state index contributed by atoms with van der Waals surface area (Å²) in [7, 11) is 1.68. The lowest BCUT2D eigenvalue weighted by atomic mass is 10.1. The van der Waals surface area contributed by atoms with E-state index in [0.29, 0.717) is 23.8 Å². The fourth-order valence-corrected chi connectivity index (χ4v) is 2.03. The Hall–Kier alpha value is -1.72. The van der Waals surface area contributed by atoms with Crippen LogP contribution in [0.4, 0.5) is 4.39 Å². The van der Waals surface area contributed by atoms with Crippen molar-refractivity contribution >= 4 is 0 Å². The number of hydrogen-bond donors (Lipinski definition) is 1. The normalized spacial score (nSPS) is 11.0. The van der Waals surface area contributed by atoms with Crippen molar-refractivity contribution in [2.45, 2.75) is 19.8 Å². The molecule has 0 spiro atoms. The van der Waals surface area contributed by atoms with Crippen LogP contribution >= 0.6 is 0 Å². The van der Waals surface area contributed by atoms with Gasteiger partial charge in [-0.3, -0.25) is 0 Å². The quantitative estimate of drug-likeness (QED) is 0.760. The predicted octanol–water partition coefficient (Wildman–Crippen LogP) is 2.96. The molecule has 0 radical (unpaired) electrons. The minimum absolute atomic E-state index is 0.279. The number of oxazole rings is 1. The Kier molecular flexibility index (Phi) is 5.90. The van der Waals surface area contributed by atoms with Crippen LogP contribution in [-0.4, -0.2) is 31.8 Å². The van der Waals surface area contributed by atoms with Gasteiger partial charge in [0.1, 0.15) is 5.82 Å². The van der Waals surface area contributed by atoms with Gasteiger partial charge in [0.15, 0.2) is 11.7 Å². The fraction of sp³-hybridized carbons (Fsp3) is 0.438. The van der Waals surface area contributed by atoms with E-state index in [9.17, 15) is 4.39 Å². The molecule has 1 aromatic heterocycles. The molecule has 0 unspecified atom stereocenters. The van der Waals surface area contributed by atoms with Gasteiger partial charge in [-0.2, -0.15) is 0 Å². The molecule has 0 fully saturated rings. The van der Waals surface area contributed by atoms with Crippen LogP contribution in [0.3, 0.4) is 0 Å². The summed E-state index contributed by atoms with van der Waals surface area (Å²) >= 11 is 0. The van der Waals surface area contributed by atoms with E-state index in [0.717, 1.165) is 31.5 Å². The lowest BCUT2D eigenvalue weighted by Crippen LogP contribution is -2.20. The molecule has 114 valence electrons. The van der Waals surface area contributed by atoms with Gasteiger partial charge >= 0.3 is 0 Å². The van der Waals surface area contributed by atoms with E-state index in [1.165, 1.54) is 6.07 Å². The van der Waals surface area contributed by atoms with Crippen LogP contribution in [0.25, 0.3) is 11.3 Å². The molecule has 0 atom stereocenters. The van der Waals surface area contributed by atoms with Crippen molar-refractivity contribution in [3.63, 3.8) is 0 Å². The first-order chi connectivity index (χ1) is 10.2. The molecule has 1 N–H and O–H groups in total. The zero-order valence-corrected chi connectivity index (χ0v) is 12.5. The molecule has 2 aromatic rings. The van der Waals surface area contributed by atoms with E-state index in [1.54, 1.807) is 19.4 Å². The van der Waals surface area contributed by atoms with Gasteiger partial charge in [-0.05, 0) is 37.6 Å². The molecular formula is C16H21FN2O2. The van der Waals surface area contributed by atoms with Gasteiger partial charge in [0.05, 0.1) is 18.4 Å². The summed E-state index contributed by atoms with van der Waals surface area (Å²) in [4.78, 5) is 4.20. The molecule has 2 rings (SSSR count). The summed E-state index contributed by atoms with van der Waals surface area (Å²) in [5.74, 6) is 0.840. The van der Waals surface area contributed by atoms with Gasteiger partial charge in [0.25, 0.3) is 0 Å². The maximum atomic E-state index is 13.9. The highest BCUT2D eigenvalue weighted by atomic mass is 19.1. The second kappa shape index (κ2) is 7.90. The highest BCUT2D eigenvalue weighted by Crippen LogP contribution is 2.24. The van der Waals surface area contributed by atoms with Crippen LogP contribution < -0.4 is 5.32 Å². The van der Waals surface area contributed by atoms with Gasteiger partial charge < -0.3 is 14.5 Å². The number of aryl methyl sites for hydroxylation is 2. The molecule has 1 aromatic carbocycles. The average molecular weight is 292 g/mol. The van der Waals surface area contributed by atoms with E-state index in [2.05, 4.69) is 10.3 Å². The third kappa shape index (κ3) is 4.65. The number of ether oxygens (including phenoxy) is 1. The zero-order valence-electron chi connectivity index (χ0n) is 12.5. The topological polar surface area (TPSA) is 47.3 Å². The van der Waals surface area contributed by atoms with Crippen LogP contribution in [0, 0.1) is 12.7 Å². The Morgan fingerprint density at radius 2 is 2.19 bits per heavy atom. The molecule has 21 heavy (non-hydrogen) atoms. The second-order valence-corrected chi connectivity index (χ2v) is 4.95. The van der Waals surface area contributed by atoms with Gasteiger partial charge in [-0.15, -0.1) is 0 Å². The van der Waals surface area contributed by atoms with Crippen molar-refractivity contribution in [1.82, 2.24) is 10.3 Å². The largest absolute Gasteiger partial charge is 0.441 e. The summed E-state index contributed by atoms with van der Waals surface area (Å²) in [6.45, 7) is 4.27. The molecule has 0 saturated heterocycles. The molecule has 0 amide bonds. The summed E-state index contributed by atoms with van der Waals surface area (Å²) in [5, 5.41) is 3.26. The Labute approximate surface area is 124 Å². The van der Waals surface area contributed by atoms with E-state index < -0.39 is 0 Å². The smallest absolute Gasteiger partial charge is 0.194 e. The molecule has 0 saturated carbocycles. The number of benzene rings is 1. The van der Waals surface area contributed by atoms with Gasteiger partial charge in [0.2, 0.25) is 0 Å². The van der Waals surface area contributed by atoms with Crippen LogP contribution in [-0.2, 0) is 11.2 Å². The third-order valence-electron chi connectivity index (χ3n) is 3.17. The molecule has 1 heterocycles. The number of halogens is 1. The van der Waals surface area contributed by atoms with E-state index in [1.807, 2.05) is 13.0 Å². The second-order valence-electron chi connectivity index (χ2n) is 4.95. The van der Waals surface area contributed by atoms with Crippen molar-refractivity contribution in [2.75, 3.05) is 26.8 Å². The summed E-state index contributed by atoms with van der Waals surface area (Å²) in [6.07, 6.45) is 3.23. The molecule has 0 aliphatic carbocycles. The first-order valence-corrected chi connectivity index (χ1v) is 7.11. The van der Waals surface area contributed by atoms with Gasteiger partial charge in [0, 0.05) is 20.1 Å². The zero-order chi connectivity index (χ0) is 15.1. The molecule has 5 heteroatoms. The van der Waals surface area contributed by atoms with Gasteiger partial charge in [-0.25, -0.2) is 9.37 Å². The van der Waals surface area contributed by atoms with Crippen molar-refractivity contribution in [2.24, 2.45) is 0 Å². The third-order valence-corrected chi connectivity index (χ3v) is 3.17. The first kappa shape index (κ1) is 15.7. The molecule has 0 aliphatic heterocycles. The van der Waals surface area contributed by atoms with Crippen molar-refractivity contribution < 1.29 is 13.5 Å². The highest BCUT2D eigenvalue weighted by Gasteiger charge is 2.10. The number of rotatable bonds is 8. The number of nitrogens with zero attached hydrogens (tertiary/aromatic N) is 1. The highest BCUT2D eigenvalue weighted by molar-refractivity contribution is 5.57. The maximum Gasteiger partial charge on any atom is 0.194 e. The van der Waals surface area contributed by atoms with Crippen LogP contribution in [0.5, 0.6) is 0 Å². The molecular weight excluding hydrogens is 271 g/mol. The number of hydrogen-bond acceptors (Lipinski definition) is 4. The lowest BCUT2D eigenvalue weighted by molar-refractivity contribution is 0.199. The van der Waals surface area contributed by atoms with Crippen LogP contribution in [0.2, 0.25) is 0 Å². The predicted molar refractivity (Wildman–Crippen MR) is 79.7 cm³/mol. The Balaban J connectivity index is 1.86. The maximum absolute atomic E-state index is 13.9. The summed E-state index contributed by atoms with van der Waals surface area (Å²) in [6, 6.07) is 5.08. The Morgan fingerprint density at radius 3 is 2.95 bits per heavy atom. The van der Waals surface area contributed by atoms with Crippen molar-refractivity contribution in [1.29, 1.82) is 0 Å². The molecule has 0 bridgehead atoms.